The maximum Gasteiger partial charge on any atom is 0.192 e. The van der Waals surface area contributed by atoms with Gasteiger partial charge >= 0.3 is 0 Å². The normalized spacial score (nSPS) is 10.6. The highest BCUT2D eigenvalue weighted by Crippen LogP contribution is 2.21. The van der Waals surface area contributed by atoms with Gasteiger partial charge in [0.1, 0.15) is 0 Å². The first-order valence-corrected chi connectivity index (χ1v) is 5.84. The van der Waals surface area contributed by atoms with Crippen molar-refractivity contribution in [2.75, 3.05) is 0 Å². The zero-order valence-corrected chi connectivity index (χ0v) is 10.3. The molecule has 84 valence electrons. The van der Waals surface area contributed by atoms with E-state index in [1.807, 2.05) is 36.4 Å². The second-order valence-electron chi connectivity index (χ2n) is 3.49. The average molecular weight is 290 g/mol. The van der Waals surface area contributed by atoms with Crippen molar-refractivity contribution in [3.8, 4) is 23.0 Å². The number of rotatable bonds is 2. The van der Waals surface area contributed by atoms with Gasteiger partial charge in [0.05, 0.1) is 6.26 Å². The molecule has 2 heterocycles. The highest BCUT2D eigenvalue weighted by molar-refractivity contribution is 9.10. The minimum Gasteiger partial charge on any atom is -0.461 e. The molecule has 0 aliphatic rings. The Hall–Kier alpha value is -1.88. The van der Waals surface area contributed by atoms with Crippen LogP contribution in [0.5, 0.6) is 0 Å². The molecule has 0 saturated carbocycles. The summed E-state index contributed by atoms with van der Waals surface area (Å²) in [6.07, 6.45) is 1.61. The number of aromatic nitrogens is 3. The third-order valence-electron chi connectivity index (χ3n) is 2.34. The number of aromatic amines is 1. The molecule has 0 aliphatic heterocycles. The molecule has 4 nitrogen and oxygen atoms in total. The molecule has 0 aliphatic carbocycles. The van der Waals surface area contributed by atoms with Crippen LogP contribution in [-0.4, -0.2) is 15.2 Å². The molecule has 0 unspecified atom stereocenters. The molecule has 0 spiro atoms. The van der Waals surface area contributed by atoms with Gasteiger partial charge in [-0.2, -0.15) is 5.10 Å². The van der Waals surface area contributed by atoms with Crippen LogP contribution in [0.15, 0.2) is 51.6 Å². The van der Waals surface area contributed by atoms with Crippen LogP contribution in [0.25, 0.3) is 23.0 Å². The second-order valence-corrected chi connectivity index (χ2v) is 4.41. The van der Waals surface area contributed by atoms with Crippen LogP contribution in [0.1, 0.15) is 0 Å². The molecule has 2 aromatic heterocycles. The van der Waals surface area contributed by atoms with Gasteiger partial charge < -0.3 is 4.42 Å². The van der Waals surface area contributed by atoms with E-state index in [0.29, 0.717) is 17.4 Å². The van der Waals surface area contributed by atoms with E-state index in [4.69, 9.17) is 4.42 Å². The summed E-state index contributed by atoms with van der Waals surface area (Å²) in [5.74, 6) is 1.97. The molecule has 0 amide bonds. The van der Waals surface area contributed by atoms with E-state index < -0.39 is 0 Å². The maximum absolute atomic E-state index is 5.25. The van der Waals surface area contributed by atoms with Gasteiger partial charge in [0.25, 0.3) is 0 Å². The first-order valence-electron chi connectivity index (χ1n) is 5.05. The van der Waals surface area contributed by atoms with Crippen LogP contribution in [0.2, 0.25) is 0 Å². The Balaban J connectivity index is 1.98. The summed E-state index contributed by atoms with van der Waals surface area (Å²) in [7, 11) is 0. The van der Waals surface area contributed by atoms with Crippen molar-refractivity contribution >= 4 is 15.9 Å². The number of benzene rings is 1. The van der Waals surface area contributed by atoms with Crippen molar-refractivity contribution in [3.63, 3.8) is 0 Å². The first-order chi connectivity index (χ1) is 8.33. The third-order valence-corrected chi connectivity index (χ3v) is 2.87. The van der Waals surface area contributed by atoms with Gasteiger partial charge in [0.2, 0.25) is 0 Å². The Labute approximate surface area is 106 Å². The van der Waals surface area contributed by atoms with Crippen molar-refractivity contribution in [1.82, 2.24) is 15.2 Å². The quantitative estimate of drug-likeness (QED) is 0.786. The van der Waals surface area contributed by atoms with E-state index in [1.165, 1.54) is 0 Å². The van der Waals surface area contributed by atoms with E-state index in [2.05, 4.69) is 31.1 Å². The molecule has 3 rings (SSSR count). The molecule has 1 N–H and O–H groups in total. The number of hydrogen-bond acceptors (Lipinski definition) is 3. The predicted molar refractivity (Wildman–Crippen MR) is 67.2 cm³/mol. The third kappa shape index (κ3) is 2.01. The highest BCUT2D eigenvalue weighted by Gasteiger charge is 2.09. The maximum atomic E-state index is 5.25. The van der Waals surface area contributed by atoms with Crippen LogP contribution < -0.4 is 0 Å². The molecule has 5 heteroatoms. The Morgan fingerprint density at radius 2 is 1.94 bits per heavy atom. The molecular formula is C12H8BrN3O. The van der Waals surface area contributed by atoms with Crippen molar-refractivity contribution in [2.45, 2.75) is 0 Å². The monoisotopic (exact) mass is 289 g/mol. The standard InChI is InChI=1S/C12H8BrN3O/c13-9-5-3-8(4-6-9)11-14-12(16-15-11)10-2-1-7-17-10/h1-7H,(H,14,15,16). The Bertz CT molecular complexity index is 614. The van der Waals surface area contributed by atoms with E-state index in [-0.39, 0.29) is 0 Å². The first kappa shape index (κ1) is 10.3. The lowest BCUT2D eigenvalue weighted by molar-refractivity contribution is 0.577. The highest BCUT2D eigenvalue weighted by atomic mass is 79.9. The van der Waals surface area contributed by atoms with Gasteiger partial charge in [-0.1, -0.05) is 28.1 Å². The summed E-state index contributed by atoms with van der Waals surface area (Å²) in [4.78, 5) is 4.38. The van der Waals surface area contributed by atoms with Crippen LogP contribution in [-0.2, 0) is 0 Å². The number of H-pyrrole nitrogens is 1. The predicted octanol–water partition coefficient (Wildman–Crippen LogP) is 3.49. The van der Waals surface area contributed by atoms with Gasteiger partial charge in [-0.05, 0) is 24.3 Å². The summed E-state index contributed by atoms with van der Waals surface area (Å²) >= 11 is 3.39. The van der Waals surface area contributed by atoms with Crippen LogP contribution >= 0.6 is 15.9 Å². The van der Waals surface area contributed by atoms with E-state index in [9.17, 15) is 0 Å². The number of furan rings is 1. The van der Waals surface area contributed by atoms with Gasteiger partial charge in [-0.25, -0.2) is 4.98 Å². The Morgan fingerprint density at radius 3 is 2.65 bits per heavy atom. The average Bonchev–Trinajstić information content (AvgIpc) is 3.00. The minimum atomic E-state index is 0.632. The fraction of sp³-hybridized carbons (Fsp3) is 0. The summed E-state index contributed by atoms with van der Waals surface area (Å²) in [5, 5.41) is 7.02. The van der Waals surface area contributed by atoms with Gasteiger partial charge in [-0.3, -0.25) is 5.10 Å². The molecule has 3 aromatic rings. The topological polar surface area (TPSA) is 54.7 Å². The van der Waals surface area contributed by atoms with Crippen molar-refractivity contribution in [2.24, 2.45) is 0 Å². The van der Waals surface area contributed by atoms with Crippen molar-refractivity contribution < 1.29 is 4.42 Å². The lowest BCUT2D eigenvalue weighted by Gasteiger charge is -1.94. The zero-order valence-electron chi connectivity index (χ0n) is 8.72. The van der Waals surface area contributed by atoms with Crippen LogP contribution in [0.3, 0.4) is 0 Å². The molecule has 0 atom stereocenters. The molecule has 0 saturated heterocycles. The van der Waals surface area contributed by atoms with E-state index >= 15 is 0 Å². The fourth-order valence-electron chi connectivity index (χ4n) is 1.51. The Kier molecular flexibility index (Phi) is 2.53. The van der Waals surface area contributed by atoms with E-state index in [1.54, 1.807) is 6.26 Å². The molecule has 1 aromatic carbocycles. The summed E-state index contributed by atoms with van der Waals surface area (Å²) in [6.45, 7) is 0. The Morgan fingerprint density at radius 1 is 1.12 bits per heavy atom. The summed E-state index contributed by atoms with van der Waals surface area (Å²) in [5.41, 5.74) is 0.960. The number of halogens is 1. The number of nitrogens with one attached hydrogen (secondary N) is 1. The van der Waals surface area contributed by atoms with Crippen LogP contribution in [0, 0.1) is 0 Å². The zero-order chi connectivity index (χ0) is 11.7. The lowest BCUT2D eigenvalue weighted by Crippen LogP contribution is -1.80. The number of hydrogen-bond donors (Lipinski definition) is 1. The molecular weight excluding hydrogens is 282 g/mol. The largest absolute Gasteiger partial charge is 0.461 e. The van der Waals surface area contributed by atoms with Crippen molar-refractivity contribution in [1.29, 1.82) is 0 Å². The molecule has 17 heavy (non-hydrogen) atoms. The molecule has 0 fully saturated rings. The second kappa shape index (κ2) is 4.18. The van der Waals surface area contributed by atoms with Crippen LogP contribution in [0.4, 0.5) is 0 Å². The minimum absolute atomic E-state index is 0.632. The van der Waals surface area contributed by atoms with Gasteiger partial charge in [0.15, 0.2) is 17.4 Å². The van der Waals surface area contributed by atoms with Gasteiger partial charge in [0, 0.05) is 10.0 Å². The molecule has 0 bridgehead atoms. The number of nitrogens with zero attached hydrogens (tertiary/aromatic N) is 2. The summed E-state index contributed by atoms with van der Waals surface area (Å²) in [6, 6.07) is 11.5. The lowest BCUT2D eigenvalue weighted by atomic mass is 10.2. The van der Waals surface area contributed by atoms with E-state index in [0.717, 1.165) is 10.0 Å². The smallest absolute Gasteiger partial charge is 0.192 e. The SMILES string of the molecule is Brc1ccc(-c2n[nH]c(-c3ccco3)n2)cc1. The van der Waals surface area contributed by atoms with Gasteiger partial charge in [-0.15, -0.1) is 0 Å². The fourth-order valence-corrected chi connectivity index (χ4v) is 1.78. The van der Waals surface area contributed by atoms with Crippen molar-refractivity contribution in [3.05, 3.63) is 47.1 Å². The molecule has 0 radical (unpaired) electrons. The summed E-state index contributed by atoms with van der Waals surface area (Å²) < 4.78 is 6.28.